The first-order chi connectivity index (χ1) is 16.4. The Hall–Kier alpha value is -3.14. The molecule has 2 saturated heterocycles. The summed E-state index contributed by atoms with van der Waals surface area (Å²) >= 11 is 0.977. The number of benzene rings is 1. The molecule has 2 N–H and O–H groups in total. The third kappa shape index (κ3) is 4.46. The highest BCUT2D eigenvalue weighted by atomic mass is 32.2. The number of nitrogens with one attached hydrogen (secondary N) is 2. The van der Waals surface area contributed by atoms with E-state index in [9.17, 15) is 14.4 Å². The van der Waals surface area contributed by atoms with Crippen LogP contribution in [0.25, 0.3) is 11.6 Å². The summed E-state index contributed by atoms with van der Waals surface area (Å²) in [6.45, 7) is 7.99. The zero-order valence-corrected chi connectivity index (χ0v) is 20.0. The molecule has 34 heavy (non-hydrogen) atoms. The number of carbonyl (C=O) groups is 3. The summed E-state index contributed by atoms with van der Waals surface area (Å²) in [4.78, 5) is 45.0. The van der Waals surface area contributed by atoms with Gasteiger partial charge < -0.3 is 15.0 Å². The summed E-state index contributed by atoms with van der Waals surface area (Å²) in [7, 11) is 0. The summed E-state index contributed by atoms with van der Waals surface area (Å²) in [5.41, 5.74) is 5.66. The van der Waals surface area contributed by atoms with Gasteiger partial charge in [-0.15, -0.1) is 0 Å². The van der Waals surface area contributed by atoms with Gasteiger partial charge in [-0.2, -0.15) is 0 Å². The molecule has 1 aromatic carbocycles. The van der Waals surface area contributed by atoms with Gasteiger partial charge in [0.2, 0.25) is 0 Å². The van der Waals surface area contributed by atoms with E-state index in [0.29, 0.717) is 10.5 Å². The number of fused-ring (bicyclic) bond motifs is 1. The molecule has 3 aliphatic heterocycles. The number of rotatable bonds is 5. The zero-order chi connectivity index (χ0) is 23.8. The van der Waals surface area contributed by atoms with Crippen LogP contribution in [0.15, 0.2) is 40.9 Å². The topological polar surface area (TPSA) is 94.7 Å². The molecule has 0 atom stereocenters. The van der Waals surface area contributed by atoms with E-state index >= 15 is 0 Å². The van der Waals surface area contributed by atoms with E-state index in [0.717, 1.165) is 78.3 Å². The first-order valence-electron chi connectivity index (χ1n) is 11.2. The number of carbonyl (C=O) groups excluding carboxylic acids is 3. The quantitative estimate of drug-likeness (QED) is 0.635. The van der Waals surface area contributed by atoms with E-state index in [2.05, 4.69) is 21.3 Å². The first-order valence-corrected chi connectivity index (χ1v) is 12.1. The number of aromatic nitrogens is 1. The summed E-state index contributed by atoms with van der Waals surface area (Å²) in [5, 5.41) is 2.63. The smallest absolute Gasteiger partial charge is 0.293 e. The molecule has 8 nitrogen and oxygen atoms in total. The zero-order valence-electron chi connectivity index (χ0n) is 19.1. The molecule has 0 radical (unpaired) electrons. The van der Waals surface area contributed by atoms with Gasteiger partial charge in [0, 0.05) is 42.8 Å². The fourth-order valence-corrected chi connectivity index (χ4v) is 5.14. The predicted molar refractivity (Wildman–Crippen MR) is 132 cm³/mol. The minimum atomic E-state index is -0.272. The van der Waals surface area contributed by atoms with Crippen molar-refractivity contribution >= 4 is 46.2 Å². The molecule has 2 aromatic rings. The van der Waals surface area contributed by atoms with Crippen molar-refractivity contribution < 1.29 is 19.1 Å². The molecule has 176 valence electrons. The number of anilines is 1. The minimum Gasteiger partial charge on any atom is -0.379 e. The number of aromatic amines is 1. The summed E-state index contributed by atoms with van der Waals surface area (Å²) in [6, 6.07) is 7.59. The number of hydrogen-bond donors (Lipinski definition) is 2. The molecule has 0 spiro atoms. The monoisotopic (exact) mass is 478 g/mol. The maximum absolute atomic E-state index is 12.7. The van der Waals surface area contributed by atoms with Crippen molar-refractivity contribution in [3.05, 3.63) is 63.3 Å². The summed E-state index contributed by atoms with van der Waals surface area (Å²) in [5.74, 6) is -0.438. The number of ether oxygens (including phenoxy) is 1. The molecule has 3 aliphatic rings. The van der Waals surface area contributed by atoms with Crippen molar-refractivity contribution in [2.45, 2.75) is 26.9 Å². The van der Waals surface area contributed by atoms with E-state index in [4.69, 9.17) is 4.74 Å². The number of amides is 3. The molecule has 1 aromatic heterocycles. The van der Waals surface area contributed by atoms with Crippen molar-refractivity contribution in [2.75, 3.05) is 31.6 Å². The van der Waals surface area contributed by atoms with Crippen molar-refractivity contribution in [1.82, 2.24) is 14.8 Å². The summed E-state index contributed by atoms with van der Waals surface area (Å²) < 4.78 is 5.41. The van der Waals surface area contributed by atoms with Crippen LogP contribution >= 0.6 is 11.8 Å². The lowest BCUT2D eigenvalue weighted by atomic mass is 10.0. The highest BCUT2D eigenvalue weighted by Gasteiger charge is 2.36. The van der Waals surface area contributed by atoms with Gasteiger partial charge in [0.05, 0.1) is 30.2 Å². The number of allylic oxidation sites excluding steroid dienone is 1. The number of nitrogens with zero attached hydrogens (tertiary/aromatic N) is 2. The third-order valence-electron chi connectivity index (χ3n) is 6.09. The third-order valence-corrected chi connectivity index (χ3v) is 7.27. The Morgan fingerprint density at radius 1 is 1.09 bits per heavy atom. The normalized spacial score (nSPS) is 19.8. The van der Waals surface area contributed by atoms with Crippen LogP contribution in [-0.4, -0.2) is 58.1 Å². The Morgan fingerprint density at radius 2 is 1.88 bits per heavy atom. The molecule has 3 amide bonds. The van der Waals surface area contributed by atoms with Crippen molar-refractivity contribution in [3.8, 4) is 0 Å². The van der Waals surface area contributed by atoms with Gasteiger partial charge >= 0.3 is 0 Å². The SMILES string of the molecule is CC(C)=C1SC(=O)N(Cc2ccc3c(c2)/C(=C/c2cc(CN4CCOCC4)c[nH]2)C(=O)N3)C1=O. The Morgan fingerprint density at radius 3 is 2.62 bits per heavy atom. The maximum atomic E-state index is 12.7. The molecule has 0 unspecified atom stereocenters. The molecule has 2 fully saturated rings. The second-order valence-electron chi connectivity index (χ2n) is 8.83. The predicted octanol–water partition coefficient (Wildman–Crippen LogP) is 3.83. The average Bonchev–Trinajstić information content (AvgIpc) is 3.47. The Balaban J connectivity index is 1.36. The van der Waals surface area contributed by atoms with Gasteiger partial charge in [-0.3, -0.25) is 24.2 Å². The lowest BCUT2D eigenvalue weighted by molar-refractivity contribution is -0.123. The number of morpholine rings is 1. The maximum Gasteiger partial charge on any atom is 0.293 e. The van der Waals surface area contributed by atoms with E-state index in [1.807, 2.05) is 44.3 Å². The fourth-order valence-electron chi connectivity index (χ4n) is 4.31. The van der Waals surface area contributed by atoms with Crippen molar-refractivity contribution in [3.63, 3.8) is 0 Å². The second kappa shape index (κ2) is 9.25. The van der Waals surface area contributed by atoms with Crippen LogP contribution in [0.3, 0.4) is 0 Å². The molecule has 4 heterocycles. The Kier molecular flexibility index (Phi) is 6.16. The van der Waals surface area contributed by atoms with E-state index < -0.39 is 0 Å². The molecule has 0 aliphatic carbocycles. The highest BCUT2D eigenvalue weighted by Crippen LogP contribution is 2.37. The molecular formula is C25H26N4O4S. The fraction of sp³-hybridized carbons (Fsp3) is 0.320. The molecule has 9 heteroatoms. The molecule has 0 bridgehead atoms. The first kappa shape index (κ1) is 22.6. The van der Waals surface area contributed by atoms with Gasteiger partial charge in [-0.1, -0.05) is 11.6 Å². The van der Waals surface area contributed by atoms with Crippen molar-refractivity contribution in [2.24, 2.45) is 0 Å². The number of imide groups is 1. The number of thioether (sulfide) groups is 1. The molecule has 0 saturated carbocycles. The van der Waals surface area contributed by atoms with Gasteiger partial charge in [-0.05, 0) is 61.0 Å². The van der Waals surface area contributed by atoms with Gasteiger partial charge in [0.25, 0.3) is 17.1 Å². The van der Waals surface area contributed by atoms with E-state index in [-0.39, 0.29) is 23.6 Å². The van der Waals surface area contributed by atoms with Crippen LogP contribution in [0.2, 0.25) is 0 Å². The largest absolute Gasteiger partial charge is 0.379 e. The standard InChI is InChI=1S/C25H26N4O4S/c1-15(2)22-24(31)29(25(32)34-22)14-16-3-4-21-19(10-16)20(23(30)27-21)11-18-9-17(12-26-18)13-28-5-7-33-8-6-28/h3-4,9-12,26H,5-8,13-14H2,1-2H3,(H,27,30)/b20-11-. The Labute approximate surface area is 202 Å². The van der Waals surface area contributed by atoms with Crippen molar-refractivity contribution in [1.29, 1.82) is 0 Å². The van der Waals surface area contributed by atoms with E-state index in [1.54, 1.807) is 0 Å². The van der Waals surface area contributed by atoms with Crippen LogP contribution < -0.4 is 5.32 Å². The Bertz CT molecular complexity index is 1240. The van der Waals surface area contributed by atoms with Crippen LogP contribution in [0.5, 0.6) is 0 Å². The number of hydrogen-bond acceptors (Lipinski definition) is 6. The van der Waals surface area contributed by atoms with Crippen LogP contribution in [0, 0.1) is 0 Å². The van der Waals surface area contributed by atoms with Crippen LogP contribution in [-0.2, 0) is 27.4 Å². The second-order valence-corrected chi connectivity index (χ2v) is 9.79. The molecular weight excluding hydrogens is 452 g/mol. The van der Waals surface area contributed by atoms with Gasteiger partial charge in [-0.25, -0.2) is 0 Å². The van der Waals surface area contributed by atoms with Crippen LogP contribution in [0.4, 0.5) is 10.5 Å². The number of H-pyrrole nitrogens is 1. The van der Waals surface area contributed by atoms with Gasteiger partial charge in [0.15, 0.2) is 0 Å². The van der Waals surface area contributed by atoms with Gasteiger partial charge in [0.1, 0.15) is 0 Å². The summed E-state index contributed by atoms with van der Waals surface area (Å²) in [6.07, 6.45) is 3.81. The average molecular weight is 479 g/mol. The van der Waals surface area contributed by atoms with E-state index in [1.165, 1.54) is 4.90 Å². The van der Waals surface area contributed by atoms with Crippen LogP contribution in [0.1, 0.15) is 36.2 Å². The lowest BCUT2D eigenvalue weighted by Crippen LogP contribution is -2.35. The minimum absolute atomic E-state index is 0.169. The lowest BCUT2D eigenvalue weighted by Gasteiger charge is -2.25. The highest BCUT2D eigenvalue weighted by molar-refractivity contribution is 8.18. The molecule has 5 rings (SSSR count).